The summed E-state index contributed by atoms with van der Waals surface area (Å²) in [6, 6.07) is 12.5. The highest BCUT2D eigenvalue weighted by molar-refractivity contribution is 6.42. The third-order valence-electron chi connectivity index (χ3n) is 3.79. The molecule has 0 aliphatic heterocycles. The van der Waals surface area contributed by atoms with E-state index in [4.69, 9.17) is 28.9 Å². The van der Waals surface area contributed by atoms with Gasteiger partial charge in [0.2, 0.25) is 0 Å². The first kappa shape index (κ1) is 17.3. The predicted molar refractivity (Wildman–Crippen MR) is 93.5 cm³/mol. The van der Waals surface area contributed by atoms with Gasteiger partial charge >= 0.3 is 0 Å². The van der Waals surface area contributed by atoms with Crippen LogP contribution < -0.4 is 5.73 Å². The minimum Gasteiger partial charge on any atom is -0.386 e. The molecule has 0 saturated carbocycles. The zero-order chi connectivity index (χ0) is 16.5. The van der Waals surface area contributed by atoms with Crippen molar-refractivity contribution < 1.29 is 5.11 Å². The van der Waals surface area contributed by atoms with Gasteiger partial charge in [0.1, 0.15) is 0 Å². The van der Waals surface area contributed by atoms with E-state index in [1.165, 1.54) is 5.56 Å². The normalized spacial score (nSPS) is 14.7. The average molecular weight is 338 g/mol. The van der Waals surface area contributed by atoms with Gasteiger partial charge in [-0.15, -0.1) is 0 Å². The Morgan fingerprint density at radius 3 is 1.95 bits per heavy atom. The summed E-state index contributed by atoms with van der Waals surface area (Å²) in [6.45, 7) is 6.46. The molecule has 118 valence electrons. The van der Waals surface area contributed by atoms with E-state index in [1.54, 1.807) is 18.2 Å². The summed E-state index contributed by atoms with van der Waals surface area (Å²) in [5, 5.41) is 11.4. The summed E-state index contributed by atoms with van der Waals surface area (Å²) < 4.78 is 0. The fourth-order valence-corrected chi connectivity index (χ4v) is 2.60. The van der Waals surface area contributed by atoms with Gasteiger partial charge in [-0.2, -0.15) is 0 Å². The quantitative estimate of drug-likeness (QED) is 0.825. The molecule has 0 spiro atoms. The van der Waals surface area contributed by atoms with Gasteiger partial charge in [0, 0.05) is 0 Å². The summed E-state index contributed by atoms with van der Waals surface area (Å²) in [4.78, 5) is 0. The van der Waals surface area contributed by atoms with Gasteiger partial charge in [0.05, 0.1) is 22.2 Å². The van der Waals surface area contributed by atoms with Crippen molar-refractivity contribution in [2.24, 2.45) is 5.73 Å². The Kier molecular flexibility index (Phi) is 5.18. The van der Waals surface area contributed by atoms with E-state index in [0.717, 1.165) is 11.1 Å². The Balaban J connectivity index is 2.23. The number of nitrogens with two attached hydrogens (primary N) is 1. The molecule has 2 atom stereocenters. The van der Waals surface area contributed by atoms with E-state index >= 15 is 0 Å². The van der Waals surface area contributed by atoms with Gasteiger partial charge in [-0.05, 0) is 34.2 Å². The van der Waals surface area contributed by atoms with E-state index < -0.39 is 12.1 Å². The maximum absolute atomic E-state index is 10.5. The summed E-state index contributed by atoms with van der Waals surface area (Å²) in [5.41, 5.74) is 8.99. The van der Waals surface area contributed by atoms with Crippen molar-refractivity contribution in [3.05, 3.63) is 69.2 Å². The maximum Gasteiger partial charge on any atom is 0.0982 e. The standard InChI is InChI=1S/C18H21Cl2NO/c1-18(2,3)13-7-4-11(5-8-13)17(22)16(21)12-6-9-14(19)15(20)10-12/h4-10,16-17,22H,21H2,1-3H3/t16-,17+/m0/s1. The molecule has 0 unspecified atom stereocenters. The monoisotopic (exact) mass is 337 g/mol. The van der Waals surface area contributed by atoms with Crippen molar-refractivity contribution in [1.29, 1.82) is 0 Å². The van der Waals surface area contributed by atoms with Crippen LogP contribution in [0.15, 0.2) is 42.5 Å². The zero-order valence-electron chi connectivity index (χ0n) is 13.0. The lowest BCUT2D eigenvalue weighted by molar-refractivity contribution is 0.147. The van der Waals surface area contributed by atoms with Crippen molar-refractivity contribution in [3.8, 4) is 0 Å². The van der Waals surface area contributed by atoms with Crippen LogP contribution in [0.2, 0.25) is 10.0 Å². The van der Waals surface area contributed by atoms with E-state index in [9.17, 15) is 5.11 Å². The lowest BCUT2D eigenvalue weighted by Gasteiger charge is -2.22. The largest absolute Gasteiger partial charge is 0.386 e. The molecule has 2 aromatic rings. The van der Waals surface area contributed by atoms with E-state index in [-0.39, 0.29) is 5.41 Å². The molecule has 0 fully saturated rings. The molecule has 2 rings (SSSR count). The number of halogens is 2. The molecule has 22 heavy (non-hydrogen) atoms. The van der Waals surface area contributed by atoms with Crippen LogP contribution in [0.1, 0.15) is 49.6 Å². The molecule has 2 aromatic carbocycles. The molecule has 4 heteroatoms. The molecule has 3 N–H and O–H groups in total. The van der Waals surface area contributed by atoms with Crippen LogP contribution in [0, 0.1) is 0 Å². The Labute approximate surface area is 141 Å². The number of hydrogen-bond donors (Lipinski definition) is 2. The summed E-state index contributed by atoms with van der Waals surface area (Å²) in [5.74, 6) is 0. The number of rotatable bonds is 3. The summed E-state index contributed by atoms with van der Waals surface area (Å²) >= 11 is 11.9. The number of benzene rings is 2. The third-order valence-corrected chi connectivity index (χ3v) is 4.53. The Hall–Kier alpha value is -1.06. The average Bonchev–Trinajstić information content (AvgIpc) is 2.48. The highest BCUT2D eigenvalue weighted by Gasteiger charge is 2.20. The smallest absolute Gasteiger partial charge is 0.0982 e. The van der Waals surface area contributed by atoms with Crippen molar-refractivity contribution in [2.75, 3.05) is 0 Å². The molecular weight excluding hydrogens is 317 g/mol. The molecule has 0 radical (unpaired) electrons. The molecule has 0 heterocycles. The lowest BCUT2D eigenvalue weighted by Crippen LogP contribution is -2.20. The Morgan fingerprint density at radius 2 is 1.45 bits per heavy atom. The van der Waals surface area contributed by atoms with Gasteiger partial charge in [0.25, 0.3) is 0 Å². The Bertz CT molecular complexity index is 647. The van der Waals surface area contributed by atoms with Crippen LogP contribution in [0.25, 0.3) is 0 Å². The molecule has 0 aliphatic rings. The molecular formula is C18H21Cl2NO. The fraction of sp³-hybridized carbons (Fsp3) is 0.333. The second-order valence-corrected chi connectivity index (χ2v) is 7.33. The van der Waals surface area contributed by atoms with Crippen LogP contribution >= 0.6 is 23.2 Å². The van der Waals surface area contributed by atoms with Crippen LogP contribution in [0.4, 0.5) is 0 Å². The molecule has 0 amide bonds. The van der Waals surface area contributed by atoms with Crippen molar-refractivity contribution >= 4 is 23.2 Å². The molecule has 0 aliphatic carbocycles. The first-order valence-corrected chi connectivity index (χ1v) is 7.95. The van der Waals surface area contributed by atoms with Crippen molar-refractivity contribution in [1.82, 2.24) is 0 Å². The number of aliphatic hydroxyl groups excluding tert-OH is 1. The highest BCUT2D eigenvalue weighted by Crippen LogP contribution is 2.32. The number of hydrogen-bond acceptors (Lipinski definition) is 2. The molecule has 0 bridgehead atoms. The van der Waals surface area contributed by atoms with E-state index in [1.807, 2.05) is 24.3 Å². The van der Waals surface area contributed by atoms with Gasteiger partial charge in [-0.25, -0.2) is 0 Å². The predicted octanol–water partition coefficient (Wildman–Crippen LogP) is 5.02. The Morgan fingerprint density at radius 1 is 0.909 bits per heavy atom. The molecule has 0 saturated heterocycles. The SMILES string of the molecule is CC(C)(C)c1ccc([C@@H](O)[C@@H](N)c2ccc(Cl)c(Cl)c2)cc1. The minimum atomic E-state index is -0.800. The van der Waals surface area contributed by atoms with Crippen LogP contribution in [0.3, 0.4) is 0 Å². The van der Waals surface area contributed by atoms with Crippen molar-refractivity contribution in [2.45, 2.75) is 38.3 Å². The van der Waals surface area contributed by atoms with Gasteiger partial charge < -0.3 is 10.8 Å². The second kappa shape index (κ2) is 6.59. The van der Waals surface area contributed by atoms with Gasteiger partial charge in [-0.3, -0.25) is 0 Å². The van der Waals surface area contributed by atoms with Crippen molar-refractivity contribution in [3.63, 3.8) is 0 Å². The minimum absolute atomic E-state index is 0.0787. The maximum atomic E-state index is 10.5. The van der Waals surface area contributed by atoms with Crippen LogP contribution in [-0.2, 0) is 5.41 Å². The van der Waals surface area contributed by atoms with Crippen LogP contribution in [0.5, 0.6) is 0 Å². The highest BCUT2D eigenvalue weighted by atomic mass is 35.5. The van der Waals surface area contributed by atoms with E-state index in [2.05, 4.69) is 20.8 Å². The zero-order valence-corrected chi connectivity index (χ0v) is 14.5. The van der Waals surface area contributed by atoms with E-state index in [0.29, 0.717) is 10.0 Å². The lowest BCUT2D eigenvalue weighted by atomic mass is 9.86. The first-order valence-electron chi connectivity index (χ1n) is 7.19. The summed E-state index contributed by atoms with van der Waals surface area (Å²) in [7, 11) is 0. The van der Waals surface area contributed by atoms with Gasteiger partial charge in [-0.1, -0.05) is 74.3 Å². The topological polar surface area (TPSA) is 46.2 Å². The van der Waals surface area contributed by atoms with Gasteiger partial charge in [0.15, 0.2) is 0 Å². The second-order valence-electron chi connectivity index (χ2n) is 6.52. The summed E-state index contributed by atoms with van der Waals surface area (Å²) in [6.07, 6.45) is -0.800. The molecule has 0 aromatic heterocycles. The molecule has 2 nitrogen and oxygen atoms in total. The third kappa shape index (κ3) is 3.82. The van der Waals surface area contributed by atoms with Crippen LogP contribution in [-0.4, -0.2) is 5.11 Å². The first-order chi connectivity index (χ1) is 10.2. The fourth-order valence-electron chi connectivity index (χ4n) is 2.29. The number of aliphatic hydroxyl groups is 1.